The standard InChI is InChI=1S/C14H19N3/c1-15-9-5-11-17(2)13-8-3-6-12-7-4-10-16-14(12)13/h3-4,6-8,10,15H,5,9,11H2,1-2H3. The van der Waals surface area contributed by atoms with Gasteiger partial charge in [0.25, 0.3) is 0 Å². The summed E-state index contributed by atoms with van der Waals surface area (Å²) in [5, 5.41) is 4.37. The average molecular weight is 229 g/mol. The maximum atomic E-state index is 4.47. The molecule has 0 bridgehead atoms. The van der Waals surface area contributed by atoms with Crippen molar-refractivity contribution in [2.45, 2.75) is 6.42 Å². The molecular formula is C14H19N3. The first-order valence-corrected chi connectivity index (χ1v) is 6.02. The van der Waals surface area contributed by atoms with Gasteiger partial charge in [-0.3, -0.25) is 4.98 Å². The summed E-state index contributed by atoms with van der Waals surface area (Å²) in [6, 6.07) is 10.4. The van der Waals surface area contributed by atoms with Crippen LogP contribution in [0.4, 0.5) is 5.69 Å². The van der Waals surface area contributed by atoms with Crippen molar-refractivity contribution in [3.8, 4) is 0 Å². The van der Waals surface area contributed by atoms with Gasteiger partial charge in [-0.1, -0.05) is 18.2 Å². The molecule has 2 rings (SSSR count). The van der Waals surface area contributed by atoms with Crippen molar-refractivity contribution >= 4 is 16.6 Å². The Hall–Kier alpha value is -1.61. The first kappa shape index (κ1) is 11.9. The minimum absolute atomic E-state index is 1.04. The second kappa shape index (κ2) is 5.64. The number of nitrogens with zero attached hydrogens (tertiary/aromatic N) is 2. The summed E-state index contributed by atoms with van der Waals surface area (Å²) in [6.07, 6.45) is 2.99. The molecule has 90 valence electrons. The van der Waals surface area contributed by atoms with Gasteiger partial charge < -0.3 is 10.2 Å². The first-order chi connectivity index (χ1) is 8.33. The van der Waals surface area contributed by atoms with E-state index in [1.807, 2.05) is 19.3 Å². The van der Waals surface area contributed by atoms with Crippen molar-refractivity contribution in [2.24, 2.45) is 0 Å². The van der Waals surface area contributed by atoms with Gasteiger partial charge in [0.05, 0.1) is 11.2 Å². The van der Waals surface area contributed by atoms with Crippen LogP contribution in [0, 0.1) is 0 Å². The third-order valence-corrected chi connectivity index (χ3v) is 2.94. The van der Waals surface area contributed by atoms with Crippen LogP contribution in [0.1, 0.15) is 6.42 Å². The number of rotatable bonds is 5. The summed E-state index contributed by atoms with van der Waals surface area (Å²) < 4.78 is 0. The maximum Gasteiger partial charge on any atom is 0.0935 e. The van der Waals surface area contributed by atoms with Crippen molar-refractivity contribution in [3.63, 3.8) is 0 Å². The number of hydrogen-bond donors (Lipinski definition) is 1. The summed E-state index contributed by atoms with van der Waals surface area (Å²) in [5.41, 5.74) is 2.29. The lowest BCUT2D eigenvalue weighted by Crippen LogP contribution is -2.22. The Morgan fingerprint density at radius 1 is 1.24 bits per heavy atom. The Labute approximate surface area is 102 Å². The third kappa shape index (κ3) is 2.74. The minimum atomic E-state index is 1.04. The van der Waals surface area contributed by atoms with Crippen molar-refractivity contribution < 1.29 is 0 Å². The molecule has 1 aromatic heterocycles. The predicted octanol–water partition coefficient (Wildman–Crippen LogP) is 2.28. The molecule has 0 atom stereocenters. The smallest absolute Gasteiger partial charge is 0.0935 e. The van der Waals surface area contributed by atoms with E-state index in [2.05, 4.69) is 46.5 Å². The Bertz CT molecular complexity index is 476. The number of benzene rings is 1. The Balaban J connectivity index is 2.22. The number of nitrogens with one attached hydrogen (secondary N) is 1. The monoisotopic (exact) mass is 229 g/mol. The van der Waals surface area contributed by atoms with Gasteiger partial charge in [-0.05, 0) is 32.1 Å². The second-order valence-electron chi connectivity index (χ2n) is 4.23. The molecule has 0 aliphatic heterocycles. The van der Waals surface area contributed by atoms with Gasteiger partial charge in [0, 0.05) is 25.2 Å². The van der Waals surface area contributed by atoms with Crippen LogP contribution in [-0.4, -0.2) is 32.2 Å². The van der Waals surface area contributed by atoms with Crippen molar-refractivity contribution in [2.75, 3.05) is 32.1 Å². The number of fused-ring (bicyclic) bond motifs is 1. The van der Waals surface area contributed by atoms with E-state index in [1.54, 1.807) is 0 Å². The normalized spacial score (nSPS) is 10.7. The van der Waals surface area contributed by atoms with E-state index in [0.717, 1.165) is 25.0 Å². The van der Waals surface area contributed by atoms with Crippen LogP contribution < -0.4 is 10.2 Å². The van der Waals surface area contributed by atoms with Gasteiger partial charge in [0.2, 0.25) is 0 Å². The number of aromatic nitrogens is 1. The molecule has 0 radical (unpaired) electrons. The number of pyridine rings is 1. The summed E-state index contributed by atoms with van der Waals surface area (Å²) in [6.45, 7) is 2.08. The fourth-order valence-electron chi connectivity index (χ4n) is 2.01. The quantitative estimate of drug-likeness (QED) is 0.797. The molecule has 0 saturated heterocycles. The van der Waals surface area contributed by atoms with E-state index in [9.17, 15) is 0 Å². The summed E-state index contributed by atoms with van der Waals surface area (Å²) in [7, 11) is 4.11. The lowest BCUT2D eigenvalue weighted by atomic mass is 10.2. The molecule has 0 fully saturated rings. The van der Waals surface area contributed by atoms with Crippen LogP contribution in [-0.2, 0) is 0 Å². The highest BCUT2D eigenvalue weighted by Gasteiger charge is 2.05. The van der Waals surface area contributed by atoms with Gasteiger partial charge in [0.1, 0.15) is 0 Å². The van der Waals surface area contributed by atoms with Gasteiger partial charge in [-0.2, -0.15) is 0 Å². The van der Waals surface area contributed by atoms with Crippen LogP contribution in [0.5, 0.6) is 0 Å². The zero-order valence-corrected chi connectivity index (χ0v) is 10.5. The van der Waals surface area contributed by atoms with E-state index in [0.29, 0.717) is 0 Å². The largest absolute Gasteiger partial charge is 0.373 e. The topological polar surface area (TPSA) is 28.2 Å². The van der Waals surface area contributed by atoms with E-state index >= 15 is 0 Å². The van der Waals surface area contributed by atoms with Crippen LogP contribution in [0.3, 0.4) is 0 Å². The predicted molar refractivity (Wildman–Crippen MR) is 73.6 cm³/mol. The molecule has 1 heterocycles. The highest BCUT2D eigenvalue weighted by Crippen LogP contribution is 2.23. The van der Waals surface area contributed by atoms with Crippen LogP contribution in [0.2, 0.25) is 0 Å². The Morgan fingerprint density at radius 2 is 2.06 bits per heavy atom. The van der Waals surface area contributed by atoms with E-state index in [4.69, 9.17) is 0 Å². The highest BCUT2D eigenvalue weighted by molar-refractivity contribution is 5.90. The van der Waals surface area contributed by atoms with E-state index < -0.39 is 0 Å². The molecule has 1 N–H and O–H groups in total. The molecule has 0 aliphatic carbocycles. The summed E-state index contributed by atoms with van der Waals surface area (Å²) in [5.74, 6) is 0. The second-order valence-corrected chi connectivity index (χ2v) is 4.23. The van der Waals surface area contributed by atoms with Crippen LogP contribution in [0.25, 0.3) is 10.9 Å². The van der Waals surface area contributed by atoms with Gasteiger partial charge >= 0.3 is 0 Å². The first-order valence-electron chi connectivity index (χ1n) is 6.02. The molecule has 0 spiro atoms. The van der Waals surface area contributed by atoms with E-state index in [-0.39, 0.29) is 0 Å². The molecule has 0 amide bonds. The minimum Gasteiger partial charge on any atom is -0.373 e. The number of anilines is 1. The van der Waals surface area contributed by atoms with Gasteiger partial charge in [-0.15, -0.1) is 0 Å². The number of hydrogen-bond acceptors (Lipinski definition) is 3. The third-order valence-electron chi connectivity index (χ3n) is 2.94. The summed E-state index contributed by atoms with van der Waals surface area (Å²) >= 11 is 0. The van der Waals surface area contributed by atoms with Crippen molar-refractivity contribution in [1.29, 1.82) is 0 Å². The lowest BCUT2D eigenvalue weighted by molar-refractivity contribution is 0.713. The average Bonchev–Trinajstić information content (AvgIpc) is 2.38. The van der Waals surface area contributed by atoms with Crippen molar-refractivity contribution in [1.82, 2.24) is 10.3 Å². The maximum absolute atomic E-state index is 4.47. The molecule has 0 aliphatic rings. The van der Waals surface area contributed by atoms with Gasteiger partial charge in [-0.25, -0.2) is 0 Å². The fraction of sp³-hybridized carbons (Fsp3) is 0.357. The molecule has 2 aromatic rings. The van der Waals surface area contributed by atoms with Crippen LogP contribution >= 0.6 is 0 Å². The molecule has 0 unspecified atom stereocenters. The lowest BCUT2D eigenvalue weighted by Gasteiger charge is -2.20. The SMILES string of the molecule is CNCCCN(C)c1cccc2cccnc12. The highest BCUT2D eigenvalue weighted by atomic mass is 15.1. The van der Waals surface area contributed by atoms with E-state index in [1.165, 1.54) is 11.1 Å². The number of para-hydroxylation sites is 1. The molecule has 17 heavy (non-hydrogen) atoms. The molecule has 3 heteroatoms. The molecule has 0 saturated carbocycles. The fourth-order valence-corrected chi connectivity index (χ4v) is 2.01. The molecule has 1 aromatic carbocycles. The Kier molecular flexibility index (Phi) is 3.94. The summed E-state index contributed by atoms with van der Waals surface area (Å²) in [4.78, 5) is 6.74. The molecular weight excluding hydrogens is 210 g/mol. The zero-order valence-electron chi connectivity index (χ0n) is 10.5. The Morgan fingerprint density at radius 3 is 2.88 bits per heavy atom. The zero-order chi connectivity index (χ0) is 12.1. The van der Waals surface area contributed by atoms with Crippen LogP contribution in [0.15, 0.2) is 36.5 Å². The van der Waals surface area contributed by atoms with Crippen molar-refractivity contribution in [3.05, 3.63) is 36.5 Å². The molecule has 3 nitrogen and oxygen atoms in total. The van der Waals surface area contributed by atoms with Gasteiger partial charge in [0.15, 0.2) is 0 Å².